The molecule has 6 nitrogen and oxygen atoms in total. The summed E-state index contributed by atoms with van der Waals surface area (Å²) in [5, 5.41) is 12.2. The van der Waals surface area contributed by atoms with Crippen molar-refractivity contribution in [1.29, 1.82) is 0 Å². The summed E-state index contributed by atoms with van der Waals surface area (Å²) in [4.78, 5) is 14.4. The molecule has 1 aromatic heterocycles. The molecule has 1 heterocycles. The zero-order valence-electron chi connectivity index (χ0n) is 9.17. The SMILES string of the molecule is COC(C)Cc1noc(CSCC(=O)O)n1. The number of methoxy groups -OCH3 is 1. The average molecular weight is 246 g/mol. The Morgan fingerprint density at radius 3 is 3.06 bits per heavy atom. The van der Waals surface area contributed by atoms with Gasteiger partial charge in [0.2, 0.25) is 5.89 Å². The van der Waals surface area contributed by atoms with Crippen molar-refractivity contribution in [3.05, 3.63) is 11.7 Å². The Hall–Kier alpha value is -1.08. The molecule has 16 heavy (non-hydrogen) atoms. The van der Waals surface area contributed by atoms with E-state index in [1.54, 1.807) is 7.11 Å². The highest BCUT2D eigenvalue weighted by Gasteiger charge is 2.10. The predicted molar refractivity (Wildman–Crippen MR) is 58.3 cm³/mol. The molecular weight excluding hydrogens is 232 g/mol. The van der Waals surface area contributed by atoms with Crippen molar-refractivity contribution < 1.29 is 19.2 Å². The van der Waals surface area contributed by atoms with Gasteiger partial charge in [-0.05, 0) is 6.92 Å². The Labute approximate surface area is 97.4 Å². The van der Waals surface area contributed by atoms with Crippen LogP contribution < -0.4 is 0 Å². The van der Waals surface area contributed by atoms with Gasteiger partial charge in [0.1, 0.15) is 0 Å². The molecule has 0 aromatic carbocycles. The minimum atomic E-state index is -0.849. The molecule has 7 heteroatoms. The monoisotopic (exact) mass is 246 g/mol. The van der Waals surface area contributed by atoms with E-state index >= 15 is 0 Å². The number of ether oxygens (including phenoxy) is 1. The summed E-state index contributed by atoms with van der Waals surface area (Å²) < 4.78 is 10.0. The predicted octanol–water partition coefficient (Wildman–Crippen LogP) is 0.965. The molecule has 0 saturated heterocycles. The van der Waals surface area contributed by atoms with E-state index in [0.29, 0.717) is 23.9 Å². The molecule has 0 amide bonds. The van der Waals surface area contributed by atoms with Crippen LogP contribution in [0.4, 0.5) is 0 Å². The first kappa shape index (κ1) is 13.0. The van der Waals surface area contributed by atoms with Crippen molar-refractivity contribution >= 4 is 17.7 Å². The van der Waals surface area contributed by atoms with Crippen LogP contribution in [0, 0.1) is 0 Å². The highest BCUT2D eigenvalue weighted by molar-refractivity contribution is 7.99. The van der Waals surface area contributed by atoms with Gasteiger partial charge < -0.3 is 14.4 Å². The van der Waals surface area contributed by atoms with Gasteiger partial charge >= 0.3 is 5.97 Å². The van der Waals surface area contributed by atoms with Gasteiger partial charge in [-0.15, -0.1) is 11.8 Å². The quantitative estimate of drug-likeness (QED) is 0.767. The van der Waals surface area contributed by atoms with E-state index in [1.807, 2.05) is 6.92 Å². The van der Waals surface area contributed by atoms with Crippen LogP contribution in [0.3, 0.4) is 0 Å². The second kappa shape index (κ2) is 6.49. The highest BCUT2D eigenvalue weighted by Crippen LogP contribution is 2.10. The molecule has 0 fully saturated rings. The fraction of sp³-hybridized carbons (Fsp3) is 0.667. The van der Waals surface area contributed by atoms with Gasteiger partial charge in [0.15, 0.2) is 5.82 Å². The fourth-order valence-corrected chi connectivity index (χ4v) is 1.57. The summed E-state index contributed by atoms with van der Waals surface area (Å²) in [6.45, 7) is 1.91. The van der Waals surface area contributed by atoms with E-state index in [-0.39, 0.29) is 11.9 Å². The summed E-state index contributed by atoms with van der Waals surface area (Å²) >= 11 is 1.23. The minimum Gasteiger partial charge on any atom is -0.481 e. The Bertz CT molecular complexity index is 342. The number of carboxylic acid groups (broad SMARTS) is 1. The maximum absolute atomic E-state index is 10.3. The number of carboxylic acids is 1. The first-order valence-electron chi connectivity index (χ1n) is 4.75. The first-order chi connectivity index (χ1) is 7.61. The third kappa shape index (κ3) is 4.63. The minimum absolute atomic E-state index is 0.0339. The standard InChI is InChI=1S/C9H14N2O4S/c1-6(14-2)3-7-10-8(15-11-7)4-16-5-9(12)13/h6H,3-5H2,1-2H3,(H,12,13). The van der Waals surface area contributed by atoms with E-state index in [4.69, 9.17) is 14.4 Å². The van der Waals surface area contributed by atoms with Gasteiger partial charge in [0, 0.05) is 13.5 Å². The van der Waals surface area contributed by atoms with Gasteiger partial charge in [-0.3, -0.25) is 4.79 Å². The Kier molecular flexibility index (Phi) is 5.27. The second-order valence-corrected chi connectivity index (χ2v) is 4.23. The number of aromatic nitrogens is 2. The number of carbonyl (C=O) groups is 1. The van der Waals surface area contributed by atoms with Gasteiger partial charge in [0.05, 0.1) is 17.6 Å². The zero-order valence-corrected chi connectivity index (χ0v) is 9.99. The van der Waals surface area contributed by atoms with E-state index in [2.05, 4.69) is 10.1 Å². The summed E-state index contributed by atoms with van der Waals surface area (Å²) in [6, 6.07) is 0. The molecular formula is C9H14N2O4S. The third-order valence-electron chi connectivity index (χ3n) is 1.83. The number of rotatable bonds is 7. The third-order valence-corrected chi connectivity index (χ3v) is 2.74. The largest absolute Gasteiger partial charge is 0.481 e. The molecule has 1 N–H and O–H groups in total. The van der Waals surface area contributed by atoms with Crippen LogP contribution in [0.1, 0.15) is 18.6 Å². The summed E-state index contributed by atoms with van der Waals surface area (Å²) in [7, 11) is 1.62. The molecule has 0 radical (unpaired) electrons. The van der Waals surface area contributed by atoms with Crippen LogP contribution in [0.15, 0.2) is 4.52 Å². The molecule has 90 valence electrons. The van der Waals surface area contributed by atoms with E-state index < -0.39 is 5.97 Å². The number of hydrogen-bond donors (Lipinski definition) is 1. The van der Waals surface area contributed by atoms with Crippen LogP contribution in [0.2, 0.25) is 0 Å². The molecule has 1 atom stereocenters. The van der Waals surface area contributed by atoms with Gasteiger partial charge in [-0.2, -0.15) is 4.98 Å². The molecule has 0 saturated carbocycles. The van der Waals surface area contributed by atoms with Gasteiger partial charge in [0.25, 0.3) is 0 Å². The Morgan fingerprint density at radius 1 is 1.69 bits per heavy atom. The van der Waals surface area contributed by atoms with Crippen molar-refractivity contribution in [2.75, 3.05) is 12.9 Å². The number of hydrogen-bond acceptors (Lipinski definition) is 6. The molecule has 1 unspecified atom stereocenters. The second-order valence-electron chi connectivity index (χ2n) is 3.24. The lowest BCUT2D eigenvalue weighted by molar-refractivity contribution is -0.133. The first-order valence-corrected chi connectivity index (χ1v) is 5.91. The van der Waals surface area contributed by atoms with Crippen molar-refractivity contribution in [2.45, 2.75) is 25.2 Å². The molecule has 0 aliphatic rings. The van der Waals surface area contributed by atoms with E-state index in [9.17, 15) is 4.79 Å². The van der Waals surface area contributed by atoms with E-state index in [1.165, 1.54) is 11.8 Å². The van der Waals surface area contributed by atoms with Crippen LogP contribution in [0.25, 0.3) is 0 Å². The maximum Gasteiger partial charge on any atom is 0.313 e. The highest BCUT2D eigenvalue weighted by atomic mass is 32.2. The molecule has 0 bridgehead atoms. The van der Waals surface area contributed by atoms with Crippen LogP contribution in [-0.4, -0.2) is 40.2 Å². The average Bonchev–Trinajstić information content (AvgIpc) is 2.65. The summed E-state index contributed by atoms with van der Waals surface area (Å²) in [5.41, 5.74) is 0. The normalized spacial score (nSPS) is 12.6. The topological polar surface area (TPSA) is 85.5 Å². The lowest BCUT2D eigenvalue weighted by atomic mass is 10.3. The van der Waals surface area contributed by atoms with E-state index in [0.717, 1.165) is 0 Å². The van der Waals surface area contributed by atoms with Crippen molar-refractivity contribution in [1.82, 2.24) is 10.1 Å². The van der Waals surface area contributed by atoms with Gasteiger partial charge in [-0.25, -0.2) is 0 Å². The van der Waals surface area contributed by atoms with Crippen molar-refractivity contribution in [3.63, 3.8) is 0 Å². The number of thioether (sulfide) groups is 1. The molecule has 0 aliphatic heterocycles. The molecule has 1 aromatic rings. The lowest BCUT2D eigenvalue weighted by Gasteiger charge is -2.03. The number of aliphatic carboxylic acids is 1. The van der Waals surface area contributed by atoms with Crippen molar-refractivity contribution in [3.8, 4) is 0 Å². The van der Waals surface area contributed by atoms with Crippen molar-refractivity contribution in [2.24, 2.45) is 0 Å². The van der Waals surface area contributed by atoms with Gasteiger partial charge in [-0.1, -0.05) is 5.16 Å². The lowest BCUT2D eigenvalue weighted by Crippen LogP contribution is -2.09. The Balaban J connectivity index is 2.36. The summed E-state index contributed by atoms with van der Waals surface area (Å²) in [5.74, 6) is 0.634. The molecule has 1 rings (SSSR count). The fourth-order valence-electron chi connectivity index (χ4n) is 0.998. The smallest absolute Gasteiger partial charge is 0.313 e. The summed E-state index contributed by atoms with van der Waals surface area (Å²) in [6.07, 6.45) is 0.626. The molecule has 0 aliphatic carbocycles. The Morgan fingerprint density at radius 2 is 2.44 bits per heavy atom. The molecule has 0 spiro atoms. The number of nitrogens with zero attached hydrogens (tertiary/aromatic N) is 2. The van der Waals surface area contributed by atoms with Crippen LogP contribution >= 0.6 is 11.8 Å². The van der Waals surface area contributed by atoms with Crippen LogP contribution in [0.5, 0.6) is 0 Å². The van der Waals surface area contributed by atoms with Crippen LogP contribution in [-0.2, 0) is 21.7 Å². The zero-order chi connectivity index (χ0) is 12.0. The maximum atomic E-state index is 10.3.